The lowest BCUT2D eigenvalue weighted by Gasteiger charge is -2.25. The SMILES string of the molecule is CC(C)NC(=O)N1CC2(CCCC2)c2ccccc21. The second-order valence-corrected chi connectivity index (χ2v) is 6.19. The van der Waals surface area contributed by atoms with Crippen molar-refractivity contribution in [3.63, 3.8) is 0 Å². The smallest absolute Gasteiger partial charge is 0.322 e. The standard InChI is InChI=1S/C16H22N2O/c1-12(2)17-15(19)18-11-16(9-5-6-10-16)13-7-3-4-8-14(13)18/h3-4,7-8,12H,5-6,9-11H2,1-2H3,(H,17,19). The molecule has 0 radical (unpaired) electrons. The highest BCUT2D eigenvalue weighted by atomic mass is 16.2. The van der Waals surface area contributed by atoms with Gasteiger partial charge in [-0.1, -0.05) is 31.0 Å². The number of carbonyl (C=O) groups is 1. The van der Waals surface area contributed by atoms with Crippen LogP contribution in [0.15, 0.2) is 24.3 Å². The van der Waals surface area contributed by atoms with Crippen molar-refractivity contribution in [1.29, 1.82) is 0 Å². The van der Waals surface area contributed by atoms with Crippen LogP contribution in [-0.4, -0.2) is 18.6 Å². The molecule has 3 rings (SSSR count). The predicted octanol–water partition coefficient (Wildman–Crippen LogP) is 3.44. The van der Waals surface area contributed by atoms with Gasteiger partial charge in [0.15, 0.2) is 0 Å². The number of carbonyl (C=O) groups excluding carboxylic acids is 1. The van der Waals surface area contributed by atoms with E-state index >= 15 is 0 Å². The van der Waals surface area contributed by atoms with Gasteiger partial charge in [-0.05, 0) is 38.3 Å². The molecule has 3 nitrogen and oxygen atoms in total. The molecule has 102 valence electrons. The Kier molecular flexibility index (Phi) is 3.00. The number of nitrogens with zero attached hydrogens (tertiary/aromatic N) is 1. The first-order valence-electron chi connectivity index (χ1n) is 7.30. The van der Waals surface area contributed by atoms with Gasteiger partial charge in [0.1, 0.15) is 0 Å². The summed E-state index contributed by atoms with van der Waals surface area (Å²) in [6.07, 6.45) is 5.01. The fraction of sp³-hybridized carbons (Fsp3) is 0.562. The number of benzene rings is 1. The molecule has 0 saturated heterocycles. The highest BCUT2D eigenvalue weighted by molar-refractivity contribution is 5.95. The third-order valence-corrected chi connectivity index (χ3v) is 4.44. The summed E-state index contributed by atoms with van der Waals surface area (Å²) in [7, 11) is 0. The number of urea groups is 1. The minimum atomic E-state index is 0.0474. The topological polar surface area (TPSA) is 32.3 Å². The van der Waals surface area contributed by atoms with Crippen molar-refractivity contribution in [3.8, 4) is 0 Å². The van der Waals surface area contributed by atoms with Gasteiger partial charge in [-0.2, -0.15) is 0 Å². The Morgan fingerprint density at radius 1 is 1.26 bits per heavy atom. The monoisotopic (exact) mass is 258 g/mol. The van der Waals surface area contributed by atoms with Gasteiger partial charge in [0.05, 0.1) is 0 Å². The Hall–Kier alpha value is -1.51. The number of anilines is 1. The molecule has 1 aliphatic heterocycles. The zero-order chi connectivity index (χ0) is 13.5. The van der Waals surface area contributed by atoms with Crippen LogP contribution >= 0.6 is 0 Å². The molecular formula is C16H22N2O. The second kappa shape index (κ2) is 4.55. The average molecular weight is 258 g/mol. The van der Waals surface area contributed by atoms with E-state index in [0.29, 0.717) is 0 Å². The summed E-state index contributed by atoms with van der Waals surface area (Å²) in [5.74, 6) is 0. The van der Waals surface area contributed by atoms with Gasteiger partial charge >= 0.3 is 6.03 Å². The van der Waals surface area contributed by atoms with Gasteiger partial charge in [-0.15, -0.1) is 0 Å². The number of hydrogen-bond acceptors (Lipinski definition) is 1. The maximum atomic E-state index is 12.4. The Labute approximate surface area is 115 Å². The molecule has 1 aliphatic carbocycles. The summed E-state index contributed by atoms with van der Waals surface area (Å²) in [6, 6.07) is 8.66. The molecule has 3 heteroatoms. The lowest BCUT2D eigenvalue weighted by molar-refractivity contribution is 0.243. The van der Waals surface area contributed by atoms with Crippen LogP contribution < -0.4 is 10.2 Å². The summed E-state index contributed by atoms with van der Waals surface area (Å²) >= 11 is 0. The molecule has 0 aromatic heterocycles. The number of fused-ring (bicyclic) bond motifs is 2. The maximum absolute atomic E-state index is 12.4. The molecule has 2 aliphatic rings. The first-order chi connectivity index (χ1) is 9.12. The van der Waals surface area contributed by atoms with Crippen molar-refractivity contribution in [1.82, 2.24) is 5.32 Å². The van der Waals surface area contributed by atoms with Gasteiger partial charge in [0.25, 0.3) is 0 Å². The van der Waals surface area contributed by atoms with E-state index in [2.05, 4.69) is 23.5 Å². The number of hydrogen-bond donors (Lipinski definition) is 1. The molecule has 1 spiro atoms. The second-order valence-electron chi connectivity index (χ2n) is 6.19. The van der Waals surface area contributed by atoms with Crippen LogP contribution in [0.1, 0.15) is 45.1 Å². The van der Waals surface area contributed by atoms with Crippen LogP contribution in [0.2, 0.25) is 0 Å². The Morgan fingerprint density at radius 3 is 2.63 bits per heavy atom. The van der Waals surface area contributed by atoms with Gasteiger partial charge in [0.2, 0.25) is 0 Å². The van der Waals surface area contributed by atoms with Gasteiger partial charge < -0.3 is 5.32 Å². The summed E-state index contributed by atoms with van der Waals surface area (Å²) in [5.41, 5.74) is 2.72. The molecule has 0 unspecified atom stereocenters. The van der Waals surface area contributed by atoms with E-state index in [9.17, 15) is 4.79 Å². The molecule has 0 bridgehead atoms. The van der Waals surface area contributed by atoms with Crippen molar-refractivity contribution < 1.29 is 4.79 Å². The van der Waals surface area contributed by atoms with E-state index in [-0.39, 0.29) is 17.5 Å². The fourth-order valence-electron chi connectivity index (χ4n) is 3.62. The third kappa shape index (κ3) is 2.01. The lowest BCUT2D eigenvalue weighted by Crippen LogP contribution is -2.44. The van der Waals surface area contributed by atoms with E-state index in [1.54, 1.807) is 0 Å². The van der Waals surface area contributed by atoms with Crippen molar-refractivity contribution in [2.75, 3.05) is 11.4 Å². The molecule has 1 N–H and O–H groups in total. The third-order valence-electron chi connectivity index (χ3n) is 4.44. The molecule has 1 saturated carbocycles. The molecule has 1 aromatic rings. The van der Waals surface area contributed by atoms with Gasteiger partial charge in [-0.25, -0.2) is 4.79 Å². The van der Waals surface area contributed by atoms with Crippen LogP contribution in [-0.2, 0) is 5.41 Å². The molecular weight excluding hydrogens is 236 g/mol. The zero-order valence-corrected chi connectivity index (χ0v) is 11.8. The maximum Gasteiger partial charge on any atom is 0.322 e. The van der Waals surface area contributed by atoms with Crippen molar-refractivity contribution in [2.24, 2.45) is 0 Å². The Morgan fingerprint density at radius 2 is 1.95 bits per heavy atom. The van der Waals surface area contributed by atoms with Crippen LogP contribution in [0, 0.1) is 0 Å². The highest BCUT2D eigenvalue weighted by Crippen LogP contribution is 2.50. The fourth-order valence-corrected chi connectivity index (χ4v) is 3.62. The van der Waals surface area contributed by atoms with E-state index in [4.69, 9.17) is 0 Å². The number of rotatable bonds is 1. The highest BCUT2D eigenvalue weighted by Gasteiger charge is 2.45. The van der Waals surface area contributed by atoms with E-state index in [0.717, 1.165) is 12.2 Å². The normalized spacial score (nSPS) is 20.1. The quantitative estimate of drug-likeness (QED) is 0.822. The van der Waals surface area contributed by atoms with Crippen LogP contribution in [0.25, 0.3) is 0 Å². The minimum Gasteiger partial charge on any atom is -0.336 e. The molecule has 19 heavy (non-hydrogen) atoms. The molecule has 2 amide bonds. The summed E-state index contributed by atoms with van der Waals surface area (Å²) in [5, 5.41) is 3.02. The molecule has 1 aromatic carbocycles. The Balaban J connectivity index is 1.95. The summed E-state index contributed by atoms with van der Waals surface area (Å²) in [4.78, 5) is 14.3. The van der Waals surface area contributed by atoms with Gasteiger partial charge in [0, 0.05) is 23.7 Å². The molecule has 1 heterocycles. The van der Waals surface area contributed by atoms with Crippen LogP contribution in [0.4, 0.5) is 10.5 Å². The van der Waals surface area contributed by atoms with Crippen LogP contribution in [0.5, 0.6) is 0 Å². The minimum absolute atomic E-state index is 0.0474. The number of amides is 2. The summed E-state index contributed by atoms with van der Waals surface area (Å²) in [6.45, 7) is 4.86. The van der Waals surface area contributed by atoms with Crippen molar-refractivity contribution in [3.05, 3.63) is 29.8 Å². The summed E-state index contributed by atoms with van der Waals surface area (Å²) < 4.78 is 0. The van der Waals surface area contributed by atoms with E-state index in [1.807, 2.05) is 24.8 Å². The predicted molar refractivity (Wildman–Crippen MR) is 77.6 cm³/mol. The lowest BCUT2D eigenvalue weighted by atomic mass is 9.81. The zero-order valence-electron chi connectivity index (χ0n) is 11.8. The largest absolute Gasteiger partial charge is 0.336 e. The van der Waals surface area contributed by atoms with E-state index < -0.39 is 0 Å². The van der Waals surface area contributed by atoms with Gasteiger partial charge in [-0.3, -0.25) is 4.90 Å². The van der Waals surface area contributed by atoms with E-state index in [1.165, 1.54) is 31.2 Å². The number of nitrogens with one attached hydrogen (secondary N) is 1. The number of para-hydroxylation sites is 1. The first-order valence-corrected chi connectivity index (χ1v) is 7.30. The van der Waals surface area contributed by atoms with Crippen LogP contribution in [0.3, 0.4) is 0 Å². The van der Waals surface area contributed by atoms with Crippen molar-refractivity contribution in [2.45, 2.75) is 51.0 Å². The molecule has 1 fully saturated rings. The Bertz CT molecular complexity index is 489. The first kappa shape index (κ1) is 12.5. The average Bonchev–Trinajstić information content (AvgIpc) is 2.97. The molecule has 0 atom stereocenters. The van der Waals surface area contributed by atoms with Crippen molar-refractivity contribution >= 4 is 11.7 Å².